The second-order valence-corrected chi connectivity index (χ2v) is 5.03. The molecule has 21 heavy (non-hydrogen) atoms. The van der Waals surface area contributed by atoms with E-state index in [4.69, 9.17) is 4.74 Å². The quantitative estimate of drug-likeness (QED) is 0.691. The Morgan fingerprint density at radius 3 is 2.81 bits per heavy atom. The summed E-state index contributed by atoms with van der Waals surface area (Å²) in [5.74, 6) is 0.855. The van der Waals surface area contributed by atoms with Crippen molar-refractivity contribution in [2.45, 2.75) is 6.61 Å². The number of hydrogen-bond acceptors (Lipinski definition) is 6. The molecule has 106 valence electrons. The molecule has 0 spiro atoms. The van der Waals surface area contributed by atoms with E-state index < -0.39 is 5.97 Å². The van der Waals surface area contributed by atoms with Gasteiger partial charge in [-0.15, -0.1) is 21.5 Å². The SMILES string of the molecule is Cn1c(COC(=O)c2cscn2)nnc1-c1ccccc1. The van der Waals surface area contributed by atoms with Crippen LogP contribution in [0.4, 0.5) is 0 Å². The standard InChI is InChI=1S/C14H12N4O2S/c1-18-12(7-20-14(19)11-8-21-9-15-11)16-17-13(18)10-5-3-2-4-6-10/h2-6,8-9H,7H2,1H3. The lowest BCUT2D eigenvalue weighted by Crippen LogP contribution is -2.09. The maximum atomic E-state index is 11.7. The molecule has 0 atom stereocenters. The van der Waals surface area contributed by atoms with Gasteiger partial charge in [0.05, 0.1) is 5.51 Å². The zero-order valence-electron chi connectivity index (χ0n) is 11.3. The van der Waals surface area contributed by atoms with Gasteiger partial charge in [0.15, 0.2) is 23.9 Å². The van der Waals surface area contributed by atoms with Crippen LogP contribution in [0.5, 0.6) is 0 Å². The molecule has 0 aliphatic rings. The van der Waals surface area contributed by atoms with Crippen molar-refractivity contribution in [2.75, 3.05) is 0 Å². The molecule has 0 saturated heterocycles. The van der Waals surface area contributed by atoms with Crippen LogP contribution in [0.3, 0.4) is 0 Å². The number of rotatable bonds is 4. The number of ether oxygens (including phenoxy) is 1. The highest BCUT2D eigenvalue weighted by molar-refractivity contribution is 7.07. The molecule has 0 bridgehead atoms. The van der Waals surface area contributed by atoms with Gasteiger partial charge in [-0.05, 0) is 0 Å². The molecule has 0 N–H and O–H groups in total. The zero-order chi connectivity index (χ0) is 14.7. The Balaban J connectivity index is 1.73. The van der Waals surface area contributed by atoms with Crippen molar-refractivity contribution in [3.63, 3.8) is 0 Å². The molecule has 0 fully saturated rings. The maximum absolute atomic E-state index is 11.7. The molecule has 1 aromatic carbocycles. The Bertz CT molecular complexity index is 738. The Morgan fingerprint density at radius 1 is 1.29 bits per heavy atom. The first-order chi connectivity index (χ1) is 10.3. The molecule has 7 heteroatoms. The summed E-state index contributed by atoms with van der Waals surface area (Å²) < 4.78 is 6.99. The lowest BCUT2D eigenvalue weighted by Gasteiger charge is -2.04. The van der Waals surface area contributed by atoms with Crippen LogP contribution in [0.25, 0.3) is 11.4 Å². The summed E-state index contributed by atoms with van der Waals surface area (Å²) in [4.78, 5) is 15.6. The van der Waals surface area contributed by atoms with Crippen LogP contribution in [-0.4, -0.2) is 25.7 Å². The molecule has 3 aromatic rings. The molecule has 2 aromatic heterocycles. The number of benzene rings is 1. The van der Waals surface area contributed by atoms with Crippen LogP contribution >= 0.6 is 11.3 Å². The average Bonchev–Trinajstić information content (AvgIpc) is 3.16. The molecule has 0 saturated carbocycles. The first-order valence-electron chi connectivity index (χ1n) is 6.24. The van der Waals surface area contributed by atoms with Gasteiger partial charge in [0.25, 0.3) is 0 Å². The third-order valence-corrected chi connectivity index (χ3v) is 3.56. The van der Waals surface area contributed by atoms with Gasteiger partial charge in [0.2, 0.25) is 0 Å². The minimum Gasteiger partial charge on any atom is -0.453 e. The Kier molecular flexibility index (Phi) is 3.74. The zero-order valence-corrected chi connectivity index (χ0v) is 12.1. The van der Waals surface area contributed by atoms with Gasteiger partial charge >= 0.3 is 5.97 Å². The lowest BCUT2D eigenvalue weighted by molar-refractivity contribution is 0.0453. The van der Waals surface area contributed by atoms with Gasteiger partial charge in [-0.25, -0.2) is 9.78 Å². The lowest BCUT2D eigenvalue weighted by atomic mass is 10.2. The minimum absolute atomic E-state index is 0.0622. The third kappa shape index (κ3) is 2.82. The summed E-state index contributed by atoms with van der Waals surface area (Å²) in [6.45, 7) is 0.0622. The van der Waals surface area contributed by atoms with Crippen LogP contribution in [0.15, 0.2) is 41.2 Å². The van der Waals surface area contributed by atoms with E-state index in [1.807, 2.05) is 41.9 Å². The Morgan fingerprint density at radius 2 is 2.10 bits per heavy atom. The van der Waals surface area contributed by atoms with E-state index in [-0.39, 0.29) is 6.61 Å². The van der Waals surface area contributed by atoms with E-state index in [1.54, 1.807) is 10.9 Å². The predicted octanol–water partition coefficient (Wildman–Crippen LogP) is 2.30. The second kappa shape index (κ2) is 5.84. The number of carbonyl (C=O) groups is 1. The molecular weight excluding hydrogens is 288 g/mol. The van der Waals surface area contributed by atoms with E-state index in [0.717, 1.165) is 11.4 Å². The first kappa shape index (κ1) is 13.4. The summed E-state index contributed by atoms with van der Waals surface area (Å²) in [6, 6.07) is 9.72. The third-order valence-electron chi connectivity index (χ3n) is 2.97. The fraction of sp³-hybridized carbons (Fsp3) is 0.143. The van der Waals surface area contributed by atoms with Crippen molar-refractivity contribution >= 4 is 17.3 Å². The van der Waals surface area contributed by atoms with Gasteiger partial charge in [-0.3, -0.25) is 0 Å². The summed E-state index contributed by atoms with van der Waals surface area (Å²) in [6.07, 6.45) is 0. The highest BCUT2D eigenvalue weighted by atomic mass is 32.1. The number of thiazole rings is 1. The average molecular weight is 300 g/mol. The van der Waals surface area contributed by atoms with Gasteiger partial charge in [0.1, 0.15) is 0 Å². The molecule has 0 unspecified atom stereocenters. The largest absolute Gasteiger partial charge is 0.453 e. The Hall–Kier alpha value is -2.54. The van der Waals surface area contributed by atoms with Gasteiger partial charge < -0.3 is 9.30 Å². The number of carbonyl (C=O) groups excluding carboxylic acids is 1. The smallest absolute Gasteiger partial charge is 0.358 e. The van der Waals surface area contributed by atoms with Gasteiger partial charge in [-0.1, -0.05) is 30.3 Å². The molecule has 2 heterocycles. The monoisotopic (exact) mass is 300 g/mol. The van der Waals surface area contributed by atoms with Crippen LogP contribution in [-0.2, 0) is 18.4 Å². The first-order valence-corrected chi connectivity index (χ1v) is 7.19. The highest BCUT2D eigenvalue weighted by Crippen LogP contribution is 2.17. The van der Waals surface area contributed by atoms with E-state index in [2.05, 4.69) is 15.2 Å². The molecule has 0 aliphatic carbocycles. The van der Waals surface area contributed by atoms with Crippen molar-refractivity contribution in [3.05, 3.63) is 52.7 Å². The van der Waals surface area contributed by atoms with Gasteiger partial charge in [-0.2, -0.15) is 0 Å². The maximum Gasteiger partial charge on any atom is 0.358 e. The van der Waals surface area contributed by atoms with E-state index in [9.17, 15) is 4.79 Å². The van der Waals surface area contributed by atoms with Crippen LogP contribution in [0.2, 0.25) is 0 Å². The summed E-state index contributed by atoms with van der Waals surface area (Å²) in [5.41, 5.74) is 2.86. The molecule has 0 amide bonds. The molecule has 6 nitrogen and oxygen atoms in total. The van der Waals surface area contributed by atoms with Gasteiger partial charge in [0, 0.05) is 18.0 Å². The molecule has 3 rings (SSSR count). The highest BCUT2D eigenvalue weighted by Gasteiger charge is 2.14. The van der Waals surface area contributed by atoms with Crippen molar-refractivity contribution in [2.24, 2.45) is 7.05 Å². The molecule has 0 radical (unpaired) electrons. The van der Waals surface area contributed by atoms with E-state index >= 15 is 0 Å². The Labute approximate surface area is 125 Å². The number of esters is 1. The second-order valence-electron chi connectivity index (χ2n) is 4.31. The fourth-order valence-corrected chi connectivity index (χ4v) is 2.36. The number of nitrogens with zero attached hydrogens (tertiary/aromatic N) is 4. The summed E-state index contributed by atoms with van der Waals surface area (Å²) >= 11 is 1.35. The van der Waals surface area contributed by atoms with Crippen molar-refractivity contribution < 1.29 is 9.53 Å². The minimum atomic E-state index is -0.458. The van der Waals surface area contributed by atoms with Crippen LogP contribution < -0.4 is 0 Å². The normalized spacial score (nSPS) is 10.5. The van der Waals surface area contributed by atoms with Crippen LogP contribution in [0, 0.1) is 0 Å². The van der Waals surface area contributed by atoms with Crippen LogP contribution in [0.1, 0.15) is 16.3 Å². The summed E-state index contributed by atoms with van der Waals surface area (Å²) in [5, 5.41) is 9.85. The molecular formula is C14H12N4O2S. The van der Waals surface area contributed by atoms with E-state index in [1.165, 1.54) is 11.3 Å². The summed E-state index contributed by atoms with van der Waals surface area (Å²) in [7, 11) is 1.84. The van der Waals surface area contributed by atoms with Crippen molar-refractivity contribution in [1.82, 2.24) is 19.7 Å². The topological polar surface area (TPSA) is 69.9 Å². The predicted molar refractivity (Wildman–Crippen MR) is 77.7 cm³/mol. The molecule has 0 aliphatic heterocycles. The fourth-order valence-electron chi connectivity index (χ4n) is 1.84. The van der Waals surface area contributed by atoms with Crippen molar-refractivity contribution in [3.8, 4) is 11.4 Å². The van der Waals surface area contributed by atoms with Crippen molar-refractivity contribution in [1.29, 1.82) is 0 Å². The number of hydrogen-bond donors (Lipinski definition) is 0. The van der Waals surface area contributed by atoms with E-state index in [0.29, 0.717) is 11.5 Å². The number of aromatic nitrogens is 4.